The minimum Gasteiger partial charge on any atom is -0.496 e. The van der Waals surface area contributed by atoms with Crippen LogP contribution in [-0.4, -0.2) is 18.0 Å². The third-order valence-electron chi connectivity index (χ3n) is 2.72. The Bertz CT molecular complexity index is 662. The van der Waals surface area contributed by atoms with Gasteiger partial charge in [-0.05, 0) is 47.1 Å². The lowest BCUT2D eigenvalue weighted by Gasteiger charge is -2.11. The molecule has 6 heteroatoms. The molecule has 1 aromatic carbocycles. The van der Waals surface area contributed by atoms with E-state index in [1.54, 1.807) is 19.1 Å². The number of halogens is 2. The first-order chi connectivity index (χ1) is 9.52. The molecule has 0 saturated carbocycles. The average Bonchev–Trinajstić information content (AvgIpc) is 2.41. The minimum atomic E-state index is -0.635. The summed E-state index contributed by atoms with van der Waals surface area (Å²) in [5, 5.41) is 2.63. The van der Waals surface area contributed by atoms with Crippen molar-refractivity contribution in [2.45, 2.75) is 6.92 Å². The number of anilines is 1. The Morgan fingerprint density at radius 3 is 2.75 bits per heavy atom. The molecular formula is C14H12BrFN2O2. The fourth-order valence-electron chi connectivity index (χ4n) is 1.74. The molecule has 0 unspecified atom stereocenters. The second-order valence-corrected chi connectivity index (χ2v) is 4.85. The summed E-state index contributed by atoms with van der Waals surface area (Å²) in [6.07, 6.45) is 0. The van der Waals surface area contributed by atoms with Crippen LogP contribution < -0.4 is 10.1 Å². The zero-order valence-electron chi connectivity index (χ0n) is 10.9. The van der Waals surface area contributed by atoms with Crippen LogP contribution in [0, 0.1) is 12.7 Å². The third-order valence-corrected chi connectivity index (χ3v) is 3.16. The molecule has 2 rings (SSSR count). The highest BCUT2D eigenvalue weighted by Crippen LogP contribution is 2.23. The van der Waals surface area contributed by atoms with Crippen LogP contribution >= 0.6 is 15.9 Å². The standard InChI is InChI=1S/C14H12BrFN2O2/c1-8-10(6-7-12(15)17-8)18-14(19)13-9(16)4-3-5-11(13)20-2/h3-7H,1-2H3,(H,18,19). The maximum atomic E-state index is 13.8. The number of pyridine rings is 1. The molecule has 0 saturated heterocycles. The monoisotopic (exact) mass is 338 g/mol. The largest absolute Gasteiger partial charge is 0.496 e. The summed E-state index contributed by atoms with van der Waals surface area (Å²) in [6.45, 7) is 1.75. The number of methoxy groups -OCH3 is 1. The number of nitrogens with one attached hydrogen (secondary N) is 1. The van der Waals surface area contributed by atoms with Gasteiger partial charge in [-0.25, -0.2) is 9.37 Å². The molecule has 0 aliphatic rings. The zero-order valence-corrected chi connectivity index (χ0v) is 12.5. The number of hydrogen-bond donors (Lipinski definition) is 1. The van der Waals surface area contributed by atoms with Crippen molar-refractivity contribution >= 4 is 27.5 Å². The van der Waals surface area contributed by atoms with Crippen LogP contribution in [0.2, 0.25) is 0 Å². The molecule has 1 aromatic heterocycles. The highest BCUT2D eigenvalue weighted by atomic mass is 79.9. The average molecular weight is 339 g/mol. The highest BCUT2D eigenvalue weighted by molar-refractivity contribution is 9.10. The number of amides is 1. The molecule has 0 radical (unpaired) electrons. The Morgan fingerprint density at radius 1 is 1.35 bits per heavy atom. The van der Waals surface area contributed by atoms with Gasteiger partial charge in [0.25, 0.3) is 5.91 Å². The van der Waals surface area contributed by atoms with Crippen LogP contribution in [0.1, 0.15) is 16.1 Å². The second-order valence-electron chi connectivity index (χ2n) is 4.04. The highest BCUT2D eigenvalue weighted by Gasteiger charge is 2.18. The van der Waals surface area contributed by atoms with E-state index < -0.39 is 11.7 Å². The van der Waals surface area contributed by atoms with Crippen LogP contribution in [0.4, 0.5) is 10.1 Å². The van der Waals surface area contributed by atoms with Gasteiger partial charge in [0.15, 0.2) is 0 Å². The first-order valence-electron chi connectivity index (χ1n) is 5.80. The molecule has 4 nitrogen and oxygen atoms in total. The van der Waals surface area contributed by atoms with Crippen LogP contribution in [0.5, 0.6) is 5.75 Å². The summed E-state index contributed by atoms with van der Waals surface area (Å²) in [4.78, 5) is 16.3. The zero-order chi connectivity index (χ0) is 14.7. The predicted octanol–water partition coefficient (Wildman–Crippen LogP) is 3.55. The van der Waals surface area contributed by atoms with Gasteiger partial charge in [0.05, 0.1) is 18.5 Å². The minimum absolute atomic E-state index is 0.127. The van der Waals surface area contributed by atoms with E-state index in [1.807, 2.05) is 0 Å². The van der Waals surface area contributed by atoms with Gasteiger partial charge in [-0.3, -0.25) is 4.79 Å². The van der Waals surface area contributed by atoms with Gasteiger partial charge in [-0.15, -0.1) is 0 Å². The number of hydrogen-bond acceptors (Lipinski definition) is 3. The van der Waals surface area contributed by atoms with Crippen LogP contribution in [0.15, 0.2) is 34.9 Å². The van der Waals surface area contributed by atoms with Crippen LogP contribution in [0.3, 0.4) is 0 Å². The first kappa shape index (κ1) is 14.5. The van der Waals surface area contributed by atoms with E-state index in [0.29, 0.717) is 16.0 Å². The van der Waals surface area contributed by atoms with Gasteiger partial charge in [0, 0.05) is 0 Å². The number of ether oxygens (including phenoxy) is 1. The van der Waals surface area contributed by atoms with Crippen molar-refractivity contribution in [1.29, 1.82) is 0 Å². The first-order valence-corrected chi connectivity index (χ1v) is 6.59. The number of benzene rings is 1. The van der Waals surface area contributed by atoms with E-state index >= 15 is 0 Å². The lowest BCUT2D eigenvalue weighted by Crippen LogP contribution is -2.16. The number of carbonyl (C=O) groups is 1. The number of aryl methyl sites for hydroxylation is 1. The fourth-order valence-corrected chi connectivity index (χ4v) is 2.14. The van der Waals surface area contributed by atoms with E-state index in [4.69, 9.17) is 4.74 Å². The molecule has 0 fully saturated rings. The van der Waals surface area contributed by atoms with Crippen molar-refractivity contribution < 1.29 is 13.9 Å². The van der Waals surface area contributed by atoms with E-state index in [0.717, 1.165) is 0 Å². The second kappa shape index (κ2) is 6.00. The van der Waals surface area contributed by atoms with Gasteiger partial charge in [-0.2, -0.15) is 0 Å². The Morgan fingerprint density at radius 2 is 2.10 bits per heavy atom. The van der Waals surface area contributed by atoms with Crippen molar-refractivity contribution in [1.82, 2.24) is 4.98 Å². The van der Waals surface area contributed by atoms with Gasteiger partial charge in [-0.1, -0.05) is 6.07 Å². The third kappa shape index (κ3) is 2.96. The molecule has 0 aliphatic carbocycles. The van der Waals surface area contributed by atoms with Crippen LogP contribution in [-0.2, 0) is 0 Å². The normalized spacial score (nSPS) is 10.2. The van der Waals surface area contributed by atoms with E-state index in [9.17, 15) is 9.18 Å². The molecule has 20 heavy (non-hydrogen) atoms. The quantitative estimate of drug-likeness (QED) is 0.870. The topological polar surface area (TPSA) is 51.2 Å². The lowest BCUT2D eigenvalue weighted by molar-refractivity contribution is 0.102. The Kier molecular flexibility index (Phi) is 4.34. The Labute approximate surface area is 124 Å². The predicted molar refractivity (Wildman–Crippen MR) is 77.6 cm³/mol. The SMILES string of the molecule is COc1cccc(F)c1C(=O)Nc1ccc(Br)nc1C. The van der Waals surface area contributed by atoms with Crippen molar-refractivity contribution in [2.75, 3.05) is 12.4 Å². The summed E-state index contributed by atoms with van der Waals surface area (Å²) in [6, 6.07) is 7.62. The fraction of sp³-hybridized carbons (Fsp3) is 0.143. The van der Waals surface area contributed by atoms with E-state index in [2.05, 4.69) is 26.2 Å². The number of rotatable bonds is 3. The van der Waals surface area contributed by atoms with Crippen LogP contribution in [0.25, 0.3) is 0 Å². The smallest absolute Gasteiger partial charge is 0.262 e. The molecule has 0 spiro atoms. The molecule has 104 valence electrons. The maximum Gasteiger partial charge on any atom is 0.262 e. The number of carbonyl (C=O) groups excluding carboxylic acids is 1. The van der Waals surface area contributed by atoms with Crippen molar-refractivity contribution in [2.24, 2.45) is 0 Å². The molecular weight excluding hydrogens is 327 g/mol. The number of nitrogens with zero attached hydrogens (tertiary/aromatic N) is 1. The molecule has 1 N–H and O–H groups in total. The van der Waals surface area contributed by atoms with Gasteiger partial charge < -0.3 is 10.1 Å². The molecule has 0 aliphatic heterocycles. The van der Waals surface area contributed by atoms with Gasteiger partial charge in [0.2, 0.25) is 0 Å². The summed E-state index contributed by atoms with van der Waals surface area (Å²) in [5.74, 6) is -1.03. The molecule has 0 atom stereocenters. The molecule has 2 aromatic rings. The summed E-state index contributed by atoms with van der Waals surface area (Å²) >= 11 is 3.24. The summed E-state index contributed by atoms with van der Waals surface area (Å²) < 4.78 is 19.5. The maximum absolute atomic E-state index is 13.8. The van der Waals surface area contributed by atoms with E-state index in [1.165, 1.54) is 25.3 Å². The van der Waals surface area contributed by atoms with Crippen molar-refractivity contribution in [3.63, 3.8) is 0 Å². The van der Waals surface area contributed by atoms with E-state index in [-0.39, 0.29) is 11.3 Å². The Balaban J connectivity index is 2.33. The van der Waals surface area contributed by atoms with Crippen molar-refractivity contribution in [3.8, 4) is 5.75 Å². The van der Waals surface area contributed by atoms with Crippen molar-refractivity contribution in [3.05, 3.63) is 52.0 Å². The number of aromatic nitrogens is 1. The molecule has 0 bridgehead atoms. The summed E-state index contributed by atoms with van der Waals surface area (Å²) in [7, 11) is 1.39. The summed E-state index contributed by atoms with van der Waals surface area (Å²) in [5.41, 5.74) is 1.02. The molecule has 1 amide bonds. The van der Waals surface area contributed by atoms with Gasteiger partial charge in [0.1, 0.15) is 21.7 Å². The van der Waals surface area contributed by atoms with Gasteiger partial charge >= 0.3 is 0 Å². The lowest BCUT2D eigenvalue weighted by atomic mass is 10.1. The molecule has 1 heterocycles. The Hall–Kier alpha value is -1.95.